The molecule has 3 rings (SSSR count). The molecule has 1 saturated heterocycles. The van der Waals surface area contributed by atoms with Crippen molar-refractivity contribution in [2.75, 3.05) is 33.4 Å². The van der Waals surface area contributed by atoms with Gasteiger partial charge in [-0.25, -0.2) is 4.99 Å². The monoisotopic (exact) mass is 444 g/mol. The Morgan fingerprint density at radius 3 is 2.69 bits per heavy atom. The standard InChI is InChI=1S/C25H40N4O3/c1-4-15-32-22-12-11-19(16-23(22)31-3)17-27-25(26-5-2)28-21-13-14-29(18-21)24(30)20-9-7-6-8-10-20/h11-12,16,20-21H,4-10,13-15,17-18H2,1-3H3,(H2,26,27,28). The number of likely N-dealkylation sites (tertiary alicyclic amines) is 1. The van der Waals surface area contributed by atoms with Crippen molar-refractivity contribution in [1.82, 2.24) is 15.5 Å². The number of nitrogens with one attached hydrogen (secondary N) is 2. The molecule has 1 aromatic carbocycles. The van der Waals surface area contributed by atoms with Gasteiger partial charge in [0.15, 0.2) is 17.5 Å². The van der Waals surface area contributed by atoms with Crippen LogP contribution in [-0.4, -0.2) is 56.2 Å². The predicted octanol–water partition coefficient (Wildman–Crippen LogP) is 3.72. The van der Waals surface area contributed by atoms with Crippen LogP contribution in [0.15, 0.2) is 23.2 Å². The molecule has 7 heteroatoms. The van der Waals surface area contributed by atoms with Gasteiger partial charge in [-0.1, -0.05) is 32.3 Å². The molecule has 7 nitrogen and oxygen atoms in total. The minimum Gasteiger partial charge on any atom is -0.493 e. The Bertz CT molecular complexity index is 762. The second kappa shape index (κ2) is 12.6. The van der Waals surface area contributed by atoms with E-state index in [2.05, 4.69) is 29.4 Å². The predicted molar refractivity (Wildman–Crippen MR) is 128 cm³/mol. The van der Waals surface area contributed by atoms with Crippen molar-refractivity contribution in [3.63, 3.8) is 0 Å². The van der Waals surface area contributed by atoms with Gasteiger partial charge in [-0.05, 0) is 50.3 Å². The van der Waals surface area contributed by atoms with Crippen molar-refractivity contribution in [2.24, 2.45) is 10.9 Å². The molecule has 1 atom stereocenters. The van der Waals surface area contributed by atoms with Gasteiger partial charge < -0.3 is 25.0 Å². The third-order valence-electron chi connectivity index (χ3n) is 6.25. The van der Waals surface area contributed by atoms with Crippen LogP contribution in [0.25, 0.3) is 0 Å². The van der Waals surface area contributed by atoms with Crippen LogP contribution in [0.4, 0.5) is 0 Å². The highest BCUT2D eigenvalue weighted by Crippen LogP contribution is 2.29. The summed E-state index contributed by atoms with van der Waals surface area (Å²) in [7, 11) is 1.66. The number of aliphatic imine (C=N–C) groups is 1. The third kappa shape index (κ3) is 6.78. The highest BCUT2D eigenvalue weighted by Gasteiger charge is 2.31. The van der Waals surface area contributed by atoms with E-state index < -0.39 is 0 Å². The van der Waals surface area contributed by atoms with Crippen LogP contribution in [0, 0.1) is 5.92 Å². The fraction of sp³-hybridized carbons (Fsp3) is 0.680. The molecule has 0 bridgehead atoms. The van der Waals surface area contributed by atoms with Gasteiger partial charge in [0.25, 0.3) is 0 Å². The summed E-state index contributed by atoms with van der Waals surface area (Å²) >= 11 is 0. The lowest BCUT2D eigenvalue weighted by atomic mass is 9.88. The zero-order valence-corrected chi connectivity index (χ0v) is 20.0. The zero-order chi connectivity index (χ0) is 22.8. The molecule has 2 N–H and O–H groups in total. The zero-order valence-electron chi connectivity index (χ0n) is 20.0. The van der Waals surface area contributed by atoms with E-state index in [9.17, 15) is 4.79 Å². The average Bonchev–Trinajstić information content (AvgIpc) is 3.30. The molecule has 1 heterocycles. The van der Waals surface area contributed by atoms with Gasteiger partial charge in [0.1, 0.15) is 0 Å². The summed E-state index contributed by atoms with van der Waals surface area (Å²) in [6.07, 6.45) is 7.70. The second-order valence-corrected chi connectivity index (χ2v) is 8.78. The minimum atomic E-state index is 0.236. The van der Waals surface area contributed by atoms with Crippen molar-refractivity contribution in [3.8, 4) is 11.5 Å². The Balaban J connectivity index is 1.56. The van der Waals surface area contributed by atoms with E-state index in [0.717, 1.165) is 68.3 Å². The molecule has 2 fully saturated rings. The fourth-order valence-electron chi connectivity index (χ4n) is 4.51. The molecule has 2 aliphatic rings. The first-order valence-electron chi connectivity index (χ1n) is 12.3. The smallest absolute Gasteiger partial charge is 0.225 e. The minimum absolute atomic E-state index is 0.236. The molecule has 0 aromatic heterocycles. The number of hydrogen-bond acceptors (Lipinski definition) is 4. The van der Waals surface area contributed by atoms with Gasteiger partial charge in [0.2, 0.25) is 5.91 Å². The van der Waals surface area contributed by atoms with Crippen LogP contribution in [-0.2, 0) is 11.3 Å². The molecular formula is C25H40N4O3. The summed E-state index contributed by atoms with van der Waals surface area (Å²) in [4.78, 5) is 19.7. The lowest BCUT2D eigenvalue weighted by Crippen LogP contribution is -2.45. The van der Waals surface area contributed by atoms with E-state index in [1.807, 2.05) is 18.2 Å². The molecule has 0 radical (unpaired) electrons. The number of methoxy groups -OCH3 is 1. The number of carbonyl (C=O) groups excluding carboxylic acids is 1. The van der Waals surface area contributed by atoms with Gasteiger partial charge in [-0.3, -0.25) is 4.79 Å². The van der Waals surface area contributed by atoms with E-state index in [4.69, 9.17) is 14.5 Å². The first kappa shape index (κ1) is 24.2. The van der Waals surface area contributed by atoms with Crippen LogP contribution in [0.2, 0.25) is 0 Å². The van der Waals surface area contributed by atoms with Gasteiger partial charge in [0, 0.05) is 31.6 Å². The van der Waals surface area contributed by atoms with Crippen LogP contribution >= 0.6 is 0 Å². The Labute approximate surface area is 192 Å². The van der Waals surface area contributed by atoms with Gasteiger partial charge >= 0.3 is 0 Å². The number of benzene rings is 1. The van der Waals surface area contributed by atoms with E-state index in [0.29, 0.717) is 19.1 Å². The summed E-state index contributed by atoms with van der Waals surface area (Å²) in [5.74, 6) is 2.88. The molecule has 1 unspecified atom stereocenters. The highest BCUT2D eigenvalue weighted by molar-refractivity contribution is 5.81. The maximum atomic E-state index is 12.9. The van der Waals surface area contributed by atoms with Crippen molar-refractivity contribution in [1.29, 1.82) is 0 Å². The van der Waals surface area contributed by atoms with Crippen molar-refractivity contribution in [3.05, 3.63) is 23.8 Å². The van der Waals surface area contributed by atoms with Crippen LogP contribution < -0.4 is 20.1 Å². The lowest BCUT2D eigenvalue weighted by molar-refractivity contribution is -0.135. The molecule has 1 amide bonds. The summed E-state index contributed by atoms with van der Waals surface area (Å²) in [5, 5.41) is 6.87. The Morgan fingerprint density at radius 2 is 1.97 bits per heavy atom. The Hall–Kier alpha value is -2.44. The first-order chi connectivity index (χ1) is 15.6. The van der Waals surface area contributed by atoms with E-state index in [1.54, 1.807) is 7.11 Å². The lowest BCUT2D eigenvalue weighted by Gasteiger charge is -2.26. The Morgan fingerprint density at radius 1 is 1.16 bits per heavy atom. The number of rotatable bonds is 9. The van der Waals surface area contributed by atoms with Crippen molar-refractivity contribution in [2.45, 2.75) is 71.4 Å². The fourth-order valence-corrected chi connectivity index (χ4v) is 4.51. The van der Waals surface area contributed by atoms with Crippen LogP contribution in [0.3, 0.4) is 0 Å². The highest BCUT2D eigenvalue weighted by atomic mass is 16.5. The van der Waals surface area contributed by atoms with Crippen LogP contribution in [0.5, 0.6) is 11.5 Å². The Kier molecular flexibility index (Phi) is 9.50. The summed E-state index contributed by atoms with van der Waals surface area (Å²) in [6, 6.07) is 6.20. The largest absolute Gasteiger partial charge is 0.493 e. The molecule has 32 heavy (non-hydrogen) atoms. The quantitative estimate of drug-likeness (QED) is 0.449. The molecular weight excluding hydrogens is 404 g/mol. The number of ether oxygens (including phenoxy) is 2. The maximum Gasteiger partial charge on any atom is 0.225 e. The summed E-state index contributed by atoms with van der Waals surface area (Å²) in [6.45, 7) is 7.74. The van der Waals surface area contributed by atoms with Crippen molar-refractivity contribution >= 4 is 11.9 Å². The van der Waals surface area contributed by atoms with E-state index >= 15 is 0 Å². The van der Waals surface area contributed by atoms with Gasteiger partial charge in [0.05, 0.1) is 20.3 Å². The average molecular weight is 445 g/mol. The van der Waals surface area contributed by atoms with Gasteiger partial charge in [-0.2, -0.15) is 0 Å². The number of nitrogens with zero attached hydrogens (tertiary/aromatic N) is 2. The molecule has 1 aliphatic heterocycles. The molecule has 1 saturated carbocycles. The van der Waals surface area contributed by atoms with E-state index in [-0.39, 0.29) is 12.0 Å². The van der Waals surface area contributed by atoms with Gasteiger partial charge in [-0.15, -0.1) is 0 Å². The number of carbonyl (C=O) groups is 1. The number of guanidine groups is 1. The topological polar surface area (TPSA) is 75.2 Å². The molecule has 0 spiro atoms. The van der Waals surface area contributed by atoms with Crippen molar-refractivity contribution < 1.29 is 14.3 Å². The SMILES string of the molecule is CCCOc1ccc(CN=C(NCC)NC2CCN(C(=O)C3CCCCC3)C2)cc1OC. The second-order valence-electron chi connectivity index (χ2n) is 8.78. The molecule has 1 aromatic rings. The number of hydrogen-bond donors (Lipinski definition) is 2. The van der Waals surface area contributed by atoms with Crippen LogP contribution in [0.1, 0.15) is 64.4 Å². The third-order valence-corrected chi connectivity index (χ3v) is 6.25. The maximum absolute atomic E-state index is 12.9. The summed E-state index contributed by atoms with van der Waals surface area (Å²) < 4.78 is 11.2. The van der Waals surface area contributed by atoms with E-state index in [1.165, 1.54) is 19.3 Å². The number of amides is 1. The molecule has 178 valence electrons. The first-order valence-corrected chi connectivity index (χ1v) is 12.3. The summed E-state index contributed by atoms with van der Waals surface area (Å²) in [5.41, 5.74) is 1.06. The normalized spacial score (nSPS) is 19.7. The molecule has 1 aliphatic carbocycles.